The molecule has 0 spiro atoms. The van der Waals surface area contributed by atoms with Gasteiger partial charge in [0.05, 0.1) is 5.39 Å². The number of thiophene rings is 1. The lowest BCUT2D eigenvalue weighted by Gasteiger charge is -2.21. The predicted molar refractivity (Wildman–Crippen MR) is 91.4 cm³/mol. The first-order valence-corrected chi connectivity index (χ1v) is 8.35. The van der Waals surface area contributed by atoms with E-state index in [-0.39, 0.29) is 11.1 Å². The van der Waals surface area contributed by atoms with Crippen LogP contribution in [0.3, 0.4) is 0 Å². The summed E-state index contributed by atoms with van der Waals surface area (Å²) in [5, 5.41) is 3.25. The van der Waals surface area contributed by atoms with Crippen LogP contribution in [0.2, 0.25) is 5.28 Å². The van der Waals surface area contributed by atoms with Gasteiger partial charge in [-0.1, -0.05) is 12.1 Å². The molecule has 0 fully saturated rings. The van der Waals surface area contributed by atoms with Crippen LogP contribution in [0.5, 0.6) is 0 Å². The van der Waals surface area contributed by atoms with Crippen molar-refractivity contribution in [3.05, 3.63) is 40.7 Å². The van der Waals surface area contributed by atoms with E-state index < -0.39 is 0 Å². The molecule has 2 aromatic heterocycles. The molecule has 0 atom stereocenters. The molecule has 114 valence electrons. The number of fused-ring (bicyclic) bond motifs is 1. The van der Waals surface area contributed by atoms with E-state index in [4.69, 9.17) is 11.6 Å². The van der Waals surface area contributed by atoms with Crippen LogP contribution in [0.15, 0.2) is 29.6 Å². The Bertz CT molecular complexity index is 797. The van der Waals surface area contributed by atoms with Gasteiger partial charge in [0, 0.05) is 24.0 Å². The number of anilines is 1. The minimum Gasteiger partial charge on any atom is -0.356 e. The normalized spacial score (nSPS) is 11.1. The summed E-state index contributed by atoms with van der Waals surface area (Å²) in [7, 11) is 0. The van der Waals surface area contributed by atoms with Crippen LogP contribution in [0.25, 0.3) is 21.3 Å². The summed E-state index contributed by atoms with van der Waals surface area (Å²) < 4.78 is 13.2. The summed E-state index contributed by atoms with van der Waals surface area (Å²) in [6, 6.07) is 6.48. The van der Waals surface area contributed by atoms with Crippen LogP contribution in [-0.2, 0) is 0 Å². The van der Waals surface area contributed by atoms with Gasteiger partial charge in [-0.05, 0) is 43.1 Å². The standard InChI is InChI=1S/C16H15ClFN3S/c1-3-21(4-2)14-13-12(10-5-7-11(18)8-6-10)9-22-15(13)20-16(17)19-14/h5-9H,3-4H2,1-2H3. The molecule has 1 aromatic carbocycles. The highest BCUT2D eigenvalue weighted by Gasteiger charge is 2.18. The van der Waals surface area contributed by atoms with E-state index in [1.165, 1.54) is 23.5 Å². The van der Waals surface area contributed by atoms with Gasteiger partial charge in [0.2, 0.25) is 5.28 Å². The third-order valence-corrected chi connectivity index (χ3v) is 4.65. The molecule has 0 aliphatic carbocycles. The molecule has 0 saturated heterocycles. The zero-order valence-electron chi connectivity index (χ0n) is 12.3. The van der Waals surface area contributed by atoms with Gasteiger partial charge in [0.25, 0.3) is 0 Å². The maximum Gasteiger partial charge on any atom is 0.225 e. The molecule has 0 radical (unpaired) electrons. The van der Waals surface area contributed by atoms with Crippen LogP contribution in [0.1, 0.15) is 13.8 Å². The van der Waals surface area contributed by atoms with Gasteiger partial charge in [0.1, 0.15) is 16.5 Å². The Morgan fingerprint density at radius 1 is 1.14 bits per heavy atom. The Labute approximate surface area is 137 Å². The summed E-state index contributed by atoms with van der Waals surface area (Å²) in [4.78, 5) is 11.8. The Kier molecular flexibility index (Phi) is 4.27. The fourth-order valence-electron chi connectivity index (χ4n) is 2.49. The molecule has 3 nitrogen and oxygen atoms in total. The van der Waals surface area contributed by atoms with Crippen LogP contribution in [-0.4, -0.2) is 23.1 Å². The first kappa shape index (κ1) is 15.2. The second-order valence-corrected chi connectivity index (χ2v) is 6.02. The van der Waals surface area contributed by atoms with E-state index in [2.05, 4.69) is 28.7 Å². The van der Waals surface area contributed by atoms with Gasteiger partial charge < -0.3 is 4.90 Å². The molecule has 0 N–H and O–H groups in total. The molecule has 0 unspecified atom stereocenters. The van der Waals surface area contributed by atoms with Gasteiger partial charge in [-0.15, -0.1) is 11.3 Å². The average Bonchev–Trinajstić information content (AvgIpc) is 2.93. The van der Waals surface area contributed by atoms with Crippen molar-refractivity contribution in [3.63, 3.8) is 0 Å². The number of halogens is 2. The Balaban J connectivity index is 2.26. The second-order valence-electron chi connectivity index (χ2n) is 4.82. The van der Waals surface area contributed by atoms with Crippen molar-refractivity contribution in [1.82, 2.24) is 9.97 Å². The van der Waals surface area contributed by atoms with Crippen molar-refractivity contribution in [2.75, 3.05) is 18.0 Å². The fraction of sp³-hybridized carbons (Fsp3) is 0.250. The summed E-state index contributed by atoms with van der Waals surface area (Å²) in [6.07, 6.45) is 0. The molecule has 0 aliphatic heterocycles. The zero-order valence-corrected chi connectivity index (χ0v) is 13.9. The number of benzene rings is 1. The number of rotatable bonds is 4. The topological polar surface area (TPSA) is 29.0 Å². The van der Waals surface area contributed by atoms with Crippen LogP contribution in [0.4, 0.5) is 10.2 Å². The van der Waals surface area contributed by atoms with Gasteiger partial charge in [0.15, 0.2) is 0 Å². The lowest BCUT2D eigenvalue weighted by atomic mass is 10.1. The minimum absolute atomic E-state index is 0.244. The summed E-state index contributed by atoms with van der Waals surface area (Å²) >= 11 is 7.59. The Morgan fingerprint density at radius 2 is 1.82 bits per heavy atom. The molecule has 22 heavy (non-hydrogen) atoms. The smallest absolute Gasteiger partial charge is 0.225 e. The maximum atomic E-state index is 13.2. The number of aromatic nitrogens is 2. The number of nitrogens with zero attached hydrogens (tertiary/aromatic N) is 3. The second kappa shape index (κ2) is 6.18. The van der Waals surface area contributed by atoms with Gasteiger partial charge in [-0.3, -0.25) is 0 Å². The van der Waals surface area contributed by atoms with E-state index in [9.17, 15) is 4.39 Å². The highest BCUT2D eigenvalue weighted by Crippen LogP contribution is 2.38. The highest BCUT2D eigenvalue weighted by atomic mass is 35.5. The van der Waals surface area contributed by atoms with Crippen molar-refractivity contribution in [2.45, 2.75) is 13.8 Å². The first-order chi connectivity index (χ1) is 10.6. The summed E-state index contributed by atoms with van der Waals surface area (Å²) in [6.45, 7) is 5.82. The van der Waals surface area contributed by atoms with E-state index in [1.807, 2.05) is 5.38 Å². The third-order valence-electron chi connectivity index (χ3n) is 3.61. The lowest BCUT2D eigenvalue weighted by molar-refractivity contribution is 0.628. The van der Waals surface area contributed by atoms with Crippen molar-refractivity contribution in [1.29, 1.82) is 0 Å². The van der Waals surface area contributed by atoms with Crippen molar-refractivity contribution in [2.24, 2.45) is 0 Å². The molecule has 6 heteroatoms. The molecule has 2 heterocycles. The van der Waals surface area contributed by atoms with Gasteiger partial charge in [-0.25, -0.2) is 9.37 Å². The number of hydrogen-bond acceptors (Lipinski definition) is 4. The van der Waals surface area contributed by atoms with Gasteiger partial charge in [-0.2, -0.15) is 4.98 Å². The summed E-state index contributed by atoms with van der Waals surface area (Å²) in [5.74, 6) is 0.590. The fourth-order valence-corrected chi connectivity index (χ4v) is 3.65. The van der Waals surface area contributed by atoms with Crippen molar-refractivity contribution in [3.8, 4) is 11.1 Å². The van der Waals surface area contributed by atoms with E-state index in [0.717, 1.165) is 40.3 Å². The highest BCUT2D eigenvalue weighted by molar-refractivity contribution is 7.17. The average molecular weight is 336 g/mol. The Hall–Kier alpha value is -1.72. The first-order valence-electron chi connectivity index (χ1n) is 7.09. The predicted octanol–water partition coefficient (Wildman–Crippen LogP) is 5.00. The minimum atomic E-state index is -0.244. The zero-order chi connectivity index (χ0) is 15.7. The van der Waals surface area contributed by atoms with Gasteiger partial charge >= 0.3 is 0 Å². The van der Waals surface area contributed by atoms with Crippen LogP contribution in [0, 0.1) is 5.82 Å². The monoisotopic (exact) mass is 335 g/mol. The van der Waals surface area contributed by atoms with E-state index in [1.54, 1.807) is 12.1 Å². The molecule has 3 aromatic rings. The molecule has 0 aliphatic rings. The largest absolute Gasteiger partial charge is 0.356 e. The SMILES string of the molecule is CCN(CC)c1nc(Cl)nc2scc(-c3ccc(F)cc3)c12. The maximum absolute atomic E-state index is 13.2. The van der Waals surface area contributed by atoms with E-state index >= 15 is 0 Å². The molecule has 0 bridgehead atoms. The number of hydrogen-bond donors (Lipinski definition) is 0. The molecular weight excluding hydrogens is 321 g/mol. The molecular formula is C16H15ClFN3S. The van der Waals surface area contributed by atoms with Crippen molar-refractivity contribution < 1.29 is 4.39 Å². The Morgan fingerprint density at radius 3 is 2.45 bits per heavy atom. The molecule has 3 rings (SSSR count). The van der Waals surface area contributed by atoms with Crippen LogP contribution >= 0.6 is 22.9 Å². The van der Waals surface area contributed by atoms with Crippen LogP contribution < -0.4 is 4.90 Å². The quantitative estimate of drug-likeness (QED) is 0.628. The van der Waals surface area contributed by atoms with Crippen molar-refractivity contribution >= 4 is 39.0 Å². The molecule has 0 saturated carbocycles. The third kappa shape index (κ3) is 2.66. The summed E-state index contributed by atoms with van der Waals surface area (Å²) in [5.41, 5.74) is 1.96. The molecule has 0 amide bonds. The lowest BCUT2D eigenvalue weighted by Crippen LogP contribution is -2.23. The van der Waals surface area contributed by atoms with E-state index in [0.29, 0.717) is 0 Å².